The molecule has 1 amide bonds. The quantitative estimate of drug-likeness (QED) is 0.790. The molecule has 0 unspecified atom stereocenters. The molecule has 0 radical (unpaired) electrons. The lowest BCUT2D eigenvalue weighted by molar-refractivity contribution is -0.125. The lowest BCUT2D eigenvalue weighted by Crippen LogP contribution is -2.13. The van der Waals surface area contributed by atoms with Gasteiger partial charge in [0.15, 0.2) is 0 Å². The topological polar surface area (TPSA) is 77.2 Å². The molecule has 0 aliphatic rings. The van der Waals surface area contributed by atoms with Gasteiger partial charge in [-0.25, -0.2) is 0 Å². The number of primary amides is 1. The molecular formula is C17H33NO3. The lowest BCUT2D eigenvalue weighted by Gasteiger charge is -2.05. The summed E-state index contributed by atoms with van der Waals surface area (Å²) in [6.45, 7) is 18.5. The number of hydrogen-bond donors (Lipinski definition) is 1. The average molecular weight is 299 g/mol. The largest absolute Gasteiger partial charge is 0.366 e. The normalized spacial score (nSPS) is 9.71. The second-order valence-electron chi connectivity index (χ2n) is 6.03. The van der Waals surface area contributed by atoms with Crippen LogP contribution in [-0.4, -0.2) is 17.5 Å². The molecule has 0 rings (SSSR count). The van der Waals surface area contributed by atoms with Gasteiger partial charge in [-0.3, -0.25) is 14.4 Å². The summed E-state index contributed by atoms with van der Waals surface area (Å²) >= 11 is 0. The standard InChI is InChI=1S/2C7H14O.C3H5NO/c2*1-5(2)7(8)6(3)4;1-2-3(4)5/h2*5-6H,1-4H3;2H,1H2,(H2,4,5). The Morgan fingerprint density at radius 1 is 0.714 bits per heavy atom. The molecule has 0 spiro atoms. The molecule has 0 heterocycles. The smallest absolute Gasteiger partial charge is 0.240 e. The molecule has 0 aromatic rings. The van der Waals surface area contributed by atoms with Crippen molar-refractivity contribution in [3.63, 3.8) is 0 Å². The summed E-state index contributed by atoms with van der Waals surface area (Å²) in [5.74, 6) is 1.04. The van der Waals surface area contributed by atoms with E-state index >= 15 is 0 Å². The molecule has 4 nitrogen and oxygen atoms in total. The van der Waals surface area contributed by atoms with Gasteiger partial charge >= 0.3 is 0 Å². The zero-order valence-corrected chi connectivity index (χ0v) is 14.9. The molecule has 124 valence electrons. The van der Waals surface area contributed by atoms with Gasteiger partial charge in [0, 0.05) is 23.7 Å². The molecule has 0 saturated heterocycles. The zero-order chi connectivity index (χ0) is 17.7. The molecule has 0 bridgehead atoms. The third-order valence-corrected chi connectivity index (χ3v) is 2.48. The Bertz CT molecular complexity index is 285. The first kappa shape index (κ1) is 24.6. The fourth-order valence-electron chi connectivity index (χ4n) is 1.33. The van der Waals surface area contributed by atoms with Crippen molar-refractivity contribution in [3.8, 4) is 0 Å². The predicted octanol–water partition coefficient (Wildman–Crippen LogP) is 3.39. The van der Waals surface area contributed by atoms with Gasteiger partial charge in [-0.05, 0) is 6.08 Å². The van der Waals surface area contributed by atoms with Crippen molar-refractivity contribution in [2.75, 3.05) is 0 Å². The summed E-state index contributed by atoms with van der Waals surface area (Å²) in [6.07, 6.45) is 1.06. The monoisotopic (exact) mass is 299 g/mol. The molecule has 2 N–H and O–H groups in total. The Morgan fingerprint density at radius 3 is 0.857 bits per heavy atom. The van der Waals surface area contributed by atoms with Gasteiger partial charge in [0.05, 0.1) is 0 Å². The number of nitrogens with two attached hydrogens (primary N) is 1. The maximum Gasteiger partial charge on any atom is 0.240 e. The van der Waals surface area contributed by atoms with Gasteiger partial charge in [0.25, 0.3) is 0 Å². The first-order valence-corrected chi connectivity index (χ1v) is 7.37. The van der Waals surface area contributed by atoms with Crippen LogP contribution < -0.4 is 5.73 Å². The molecule has 0 fully saturated rings. The highest BCUT2D eigenvalue weighted by molar-refractivity contribution is 5.85. The van der Waals surface area contributed by atoms with E-state index in [0.717, 1.165) is 6.08 Å². The van der Waals surface area contributed by atoms with Crippen LogP contribution in [0.3, 0.4) is 0 Å². The SMILES string of the molecule is C=CC(N)=O.CC(C)C(=O)C(C)C.CC(C)C(=O)C(C)C. The number of carbonyl (C=O) groups is 3. The van der Waals surface area contributed by atoms with E-state index in [-0.39, 0.29) is 23.7 Å². The van der Waals surface area contributed by atoms with Gasteiger partial charge in [-0.2, -0.15) is 0 Å². The Labute approximate surface area is 130 Å². The lowest BCUT2D eigenvalue weighted by atomic mass is 9.99. The van der Waals surface area contributed by atoms with Crippen molar-refractivity contribution in [3.05, 3.63) is 12.7 Å². The van der Waals surface area contributed by atoms with E-state index in [1.165, 1.54) is 0 Å². The number of rotatable bonds is 5. The molecule has 21 heavy (non-hydrogen) atoms. The molecule has 0 aliphatic heterocycles. The third-order valence-electron chi connectivity index (χ3n) is 2.48. The zero-order valence-electron chi connectivity index (χ0n) is 14.9. The number of ketones is 2. The maximum atomic E-state index is 10.8. The minimum Gasteiger partial charge on any atom is -0.366 e. The number of amides is 1. The van der Waals surface area contributed by atoms with Crippen molar-refractivity contribution in [1.29, 1.82) is 0 Å². The fourth-order valence-corrected chi connectivity index (χ4v) is 1.33. The summed E-state index contributed by atoms with van der Waals surface area (Å²) in [5.41, 5.74) is 4.53. The minimum absolute atomic E-state index is 0.204. The minimum atomic E-state index is -0.481. The van der Waals surface area contributed by atoms with Crippen LogP contribution in [0.15, 0.2) is 12.7 Å². The van der Waals surface area contributed by atoms with E-state index in [1.807, 2.05) is 55.4 Å². The number of Topliss-reactive ketones (excluding diaryl/α,β-unsaturated/α-hetero) is 2. The molecular weight excluding hydrogens is 266 g/mol. The second-order valence-corrected chi connectivity index (χ2v) is 6.03. The van der Waals surface area contributed by atoms with Gasteiger partial charge in [-0.1, -0.05) is 62.0 Å². The predicted molar refractivity (Wildman–Crippen MR) is 88.8 cm³/mol. The average Bonchev–Trinajstić information content (AvgIpc) is 2.37. The van der Waals surface area contributed by atoms with Crippen LogP contribution in [0.5, 0.6) is 0 Å². The van der Waals surface area contributed by atoms with Crippen LogP contribution in [-0.2, 0) is 14.4 Å². The van der Waals surface area contributed by atoms with Crippen molar-refractivity contribution >= 4 is 17.5 Å². The van der Waals surface area contributed by atoms with Crippen LogP contribution in [0.2, 0.25) is 0 Å². The van der Waals surface area contributed by atoms with Crippen LogP contribution in [0.1, 0.15) is 55.4 Å². The van der Waals surface area contributed by atoms with E-state index < -0.39 is 5.91 Å². The first-order chi connectivity index (χ1) is 9.38. The Balaban J connectivity index is -0.000000239. The van der Waals surface area contributed by atoms with E-state index in [1.54, 1.807) is 0 Å². The van der Waals surface area contributed by atoms with Crippen LogP contribution in [0, 0.1) is 23.7 Å². The highest BCUT2D eigenvalue weighted by Crippen LogP contribution is 2.04. The third kappa shape index (κ3) is 18.5. The summed E-state index contributed by atoms with van der Waals surface area (Å²) in [5, 5.41) is 0. The van der Waals surface area contributed by atoms with Crippen molar-refractivity contribution < 1.29 is 14.4 Å². The summed E-state index contributed by atoms with van der Waals surface area (Å²) in [6, 6.07) is 0. The van der Waals surface area contributed by atoms with E-state index in [0.29, 0.717) is 11.6 Å². The van der Waals surface area contributed by atoms with Crippen molar-refractivity contribution in [2.45, 2.75) is 55.4 Å². The molecule has 4 heteroatoms. The Hall–Kier alpha value is -1.45. The molecule has 0 aromatic heterocycles. The number of hydrogen-bond acceptors (Lipinski definition) is 3. The summed E-state index contributed by atoms with van der Waals surface area (Å²) < 4.78 is 0. The highest BCUT2D eigenvalue weighted by Gasteiger charge is 2.10. The summed E-state index contributed by atoms with van der Waals surface area (Å²) in [7, 11) is 0. The molecule has 0 aromatic carbocycles. The van der Waals surface area contributed by atoms with Gasteiger partial charge in [-0.15, -0.1) is 0 Å². The van der Waals surface area contributed by atoms with Gasteiger partial charge in [0.2, 0.25) is 5.91 Å². The molecule has 0 saturated carbocycles. The second kappa shape index (κ2) is 13.5. The van der Waals surface area contributed by atoms with Crippen molar-refractivity contribution in [1.82, 2.24) is 0 Å². The van der Waals surface area contributed by atoms with Gasteiger partial charge in [0.1, 0.15) is 11.6 Å². The van der Waals surface area contributed by atoms with E-state index in [4.69, 9.17) is 0 Å². The van der Waals surface area contributed by atoms with Crippen LogP contribution >= 0.6 is 0 Å². The van der Waals surface area contributed by atoms with E-state index in [9.17, 15) is 14.4 Å². The van der Waals surface area contributed by atoms with Crippen LogP contribution in [0.4, 0.5) is 0 Å². The van der Waals surface area contributed by atoms with Crippen LogP contribution in [0.25, 0.3) is 0 Å². The van der Waals surface area contributed by atoms with Crippen molar-refractivity contribution in [2.24, 2.45) is 29.4 Å². The molecule has 0 aliphatic carbocycles. The Kier molecular flexibility index (Phi) is 15.8. The highest BCUT2D eigenvalue weighted by atomic mass is 16.1. The number of carbonyl (C=O) groups excluding carboxylic acids is 3. The van der Waals surface area contributed by atoms with E-state index in [2.05, 4.69) is 12.3 Å². The Morgan fingerprint density at radius 2 is 0.857 bits per heavy atom. The maximum absolute atomic E-state index is 10.8. The van der Waals surface area contributed by atoms with Gasteiger partial charge < -0.3 is 5.73 Å². The summed E-state index contributed by atoms with van der Waals surface area (Å²) in [4.78, 5) is 31.2. The molecule has 0 atom stereocenters. The fraction of sp³-hybridized carbons (Fsp3) is 0.706. The first-order valence-electron chi connectivity index (χ1n) is 7.37.